The molecule has 8 aliphatic rings. The Hall–Kier alpha value is 0. The highest BCUT2D eigenvalue weighted by atomic mass is 14.8. The Morgan fingerprint density at radius 3 is 1.62 bits per heavy atom. The molecule has 14 unspecified atom stereocenters. The van der Waals surface area contributed by atoms with Crippen LogP contribution in [0.2, 0.25) is 0 Å². The van der Waals surface area contributed by atoms with E-state index in [-0.39, 0.29) is 0 Å². The Kier molecular flexibility index (Phi) is 2.91. The standard InChI is InChI=1S/C24H34.C2H6/c1-24(2)9-12-6-17(24)23-16-8-15(20(12)23)21-13-7-14(22(16)21)19-11-4-3-10(5-11)18(13)19;1-2/h10-23H,3-9H2,1-2H3;1-2H3. The van der Waals surface area contributed by atoms with Gasteiger partial charge in [0, 0.05) is 0 Å². The molecule has 0 N–H and O–H groups in total. The molecule has 0 aromatic heterocycles. The highest BCUT2D eigenvalue weighted by Crippen LogP contribution is 2.82. The zero-order chi connectivity index (χ0) is 17.5. The van der Waals surface area contributed by atoms with Crippen LogP contribution in [0.3, 0.4) is 0 Å². The fourth-order valence-electron chi connectivity index (χ4n) is 12.7. The Balaban J connectivity index is 0.000000622. The van der Waals surface area contributed by atoms with Crippen LogP contribution in [0.1, 0.15) is 72.6 Å². The average molecular weight is 353 g/mol. The summed E-state index contributed by atoms with van der Waals surface area (Å²) in [5, 5.41) is 0. The van der Waals surface area contributed by atoms with Crippen molar-refractivity contribution in [3.8, 4) is 0 Å². The van der Waals surface area contributed by atoms with Crippen LogP contribution in [-0.2, 0) is 0 Å². The van der Waals surface area contributed by atoms with E-state index in [0.29, 0.717) is 5.41 Å². The van der Waals surface area contributed by atoms with Crippen LogP contribution < -0.4 is 0 Å². The zero-order valence-electron chi connectivity index (χ0n) is 17.5. The Morgan fingerprint density at radius 1 is 0.538 bits per heavy atom. The van der Waals surface area contributed by atoms with E-state index in [1.807, 2.05) is 13.8 Å². The molecule has 0 aromatic rings. The van der Waals surface area contributed by atoms with Crippen molar-refractivity contribution in [1.82, 2.24) is 0 Å². The SMILES string of the molecule is CC.CC1(C)CC2CC1C1C3CC(C21)C1C2CC(C4C5CCC(C5)C24)C31. The molecule has 8 rings (SSSR count). The van der Waals surface area contributed by atoms with Gasteiger partial charge in [0.05, 0.1) is 0 Å². The Labute approximate surface area is 161 Å². The first kappa shape index (κ1) is 15.9. The third-order valence-corrected chi connectivity index (χ3v) is 12.3. The van der Waals surface area contributed by atoms with Crippen molar-refractivity contribution in [3.63, 3.8) is 0 Å². The summed E-state index contributed by atoms with van der Waals surface area (Å²) in [6.45, 7) is 9.26. The average Bonchev–Trinajstić information content (AvgIpc) is 3.44. The predicted molar refractivity (Wildman–Crippen MR) is 106 cm³/mol. The second kappa shape index (κ2) is 4.76. The normalized spacial score (nSPS) is 68.8. The van der Waals surface area contributed by atoms with Crippen molar-refractivity contribution in [3.05, 3.63) is 0 Å². The third kappa shape index (κ3) is 1.50. The molecule has 8 fully saturated rings. The van der Waals surface area contributed by atoms with Gasteiger partial charge in [-0.2, -0.15) is 0 Å². The van der Waals surface area contributed by atoms with Crippen molar-refractivity contribution in [1.29, 1.82) is 0 Å². The van der Waals surface area contributed by atoms with Gasteiger partial charge in [0.15, 0.2) is 0 Å². The van der Waals surface area contributed by atoms with Gasteiger partial charge in [-0.3, -0.25) is 0 Å². The summed E-state index contributed by atoms with van der Waals surface area (Å²) >= 11 is 0. The molecule has 8 saturated carbocycles. The van der Waals surface area contributed by atoms with E-state index in [4.69, 9.17) is 0 Å². The maximum Gasteiger partial charge on any atom is -0.0315 e. The van der Waals surface area contributed by atoms with Crippen LogP contribution in [0, 0.1) is 88.3 Å². The van der Waals surface area contributed by atoms with Crippen molar-refractivity contribution in [2.24, 2.45) is 88.3 Å². The molecule has 0 nitrogen and oxygen atoms in total. The van der Waals surface area contributed by atoms with Crippen LogP contribution in [0.4, 0.5) is 0 Å². The third-order valence-electron chi connectivity index (χ3n) is 12.3. The van der Waals surface area contributed by atoms with E-state index in [9.17, 15) is 0 Å². The minimum absolute atomic E-state index is 0.693. The van der Waals surface area contributed by atoms with Crippen LogP contribution >= 0.6 is 0 Å². The maximum atomic E-state index is 2.63. The first-order chi connectivity index (χ1) is 12.6. The second-order valence-corrected chi connectivity index (χ2v) is 12.7. The topological polar surface area (TPSA) is 0 Å². The summed E-state index contributed by atoms with van der Waals surface area (Å²) in [7, 11) is 0. The largest absolute Gasteiger partial charge is 0.0683 e. The highest BCUT2D eigenvalue weighted by molar-refractivity contribution is 5.24. The number of hydrogen-bond acceptors (Lipinski definition) is 0. The van der Waals surface area contributed by atoms with Gasteiger partial charge in [0.2, 0.25) is 0 Å². The van der Waals surface area contributed by atoms with Crippen molar-refractivity contribution in [2.45, 2.75) is 72.6 Å². The fraction of sp³-hybridized carbons (Fsp3) is 1.00. The lowest BCUT2D eigenvalue weighted by atomic mass is 9.52. The first-order valence-electron chi connectivity index (χ1n) is 12.6. The molecule has 0 aromatic carbocycles. The van der Waals surface area contributed by atoms with Gasteiger partial charge in [-0.1, -0.05) is 27.7 Å². The minimum atomic E-state index is 0.693. The lowest BCUT2D eigenvalue weighted by molar-refractivity contribution is -0.0495. The molecular formula is C26H40. The summed E-state index contributed by atoms with van der Waals surface area (Å²) < 4.78 is 0. The van der Waals surface area contributed by atoms with E-state index < -0.39 is 0 Å². The van der Waals surface area contributed by atoms with E-state index in [2.05, 4.69) is 13.8 Å². The van der Waals surface area contributed by atoms with Crippen LogP contribution in [0.15, 0.2) is 0 Å². The quantitative estimate of drug-likeness (QED) is 0.436. The molecule has 0 amide bonds. The van der Waals surface area contributed by atoms with Crippen molar-refractivity contribution in [2.75, 3.05) is 0 Å². The summed E-state index contributed by atoms with van der Waals surface area (Å²) in [5.41, 5.74) is 0.693. The minimum Gasteiger partial charge on any atom is -0.0683 e. The molecule has 0 radical (unpaired) electrons. The molecular weight excluding hydrogens is 312 g/mol. The summed E-state index contributed by atoms with van der Waals surface area (Å²) in [4.78, 5) is 0. The highest BCUT2D eigenvalue weighted by Gasteiger charge is 2.76. The molecule has 0 saturated heterocycles. The van der Waals surface area contributed by atoms with E-state index in [0.717, 1.165) is 11.8 Å². The molecule has 8 bridgehead atoms. The summed E-state index contributed by atoms with van der Waals surface area (Å²) in [6.07, 6.45) is 11.6. The van der Waals surface area contributed by atoms with Gasteiger partial charge in [-0.05, 0) is 133 Å². The second-order valence-electron chi connectivity index (χ2n) is 12.7. The van der Waals surface area contributed by atoms with E-state index in [1.165, 1.54) is 71.0 Å². The molecule has 0 heteroatoms. The van der Waals surface area contributed by atoms with Gasteiger partial charge < -0.3 is 0 Å². The van der Waals surface area contributed by atoms with Gasteiger partial charge in [0.25, 0.3) is 0 Å². The zero-order valence-corrected chi connectivity index (χ0v) is 17.5. The number of hydrogen-bond donors (Lipinski definition) is 0. The summed E-state index contributed by atoms with van der Waals surface area (Å²) in [5.74, 6) is 16.9. The lowest BCUT2D eigenvalue weighted by Crippen LogP contribution is -2.48. The van der Waals surface area contributed by atoms with Gasteiger partial charge in [-0.25, -0.2) is 0 Å². The molecule has 14 atom stereocenters. The molecule has 0 spiro atoms. The lowest BCUT2D eigenvalue weighted by Gasteiger charge is -2.52. The van der Waals surface area contributed by atoms with Crippen LogP contribution in [0.5, 0.6) is 0 Å². The predicted octanol–water partition coefficient (Wildman–Crippen LogP) is 6.51. The fourth-order valence-corrected chi connectivity index (χ4v) is 12.7. The number of rotatable bonds is 0. The van der Waals surface area contributed by atoms with Gasteiger partial charge in [-0.15, -0.1) is 0 Å². The smallest absolute Gasteiger partial charge is 0.0315 e. The molecule has 26 heavy (non-hydrogen) atoms. The van der Waals surface area contributed by atoms with Crippen LogP contribution in [-0.4, -0.2) is 0 Å². The van der Waals surface area contributed by atoms with Gasteiger partial charge >= 0.3 is 0 Å². The Morgan fingerprint density at radius 2 is 1.04 bits per heavy atom. The first-order valence-corrected chi connectivity index (χ1v) is 12.6. The maximum absolute atomic E-state index is 2.63. The number of fused-ring (bicyclic) bond motifs is 23. The summed E-state index contributed by atoms with van der Waals surface area (Å²) in [6, 6.07) is 0. The monoisotopic (exact) mass is 352 g/mol. The van der Waals surface area contributed by atoms with E-state index >= 15 is 0 Å². The molecule has 144 valence electrons. The Bertz CT molecular complexity index is 632. The van der Waals surface area contributed by atoms with E-state index in [1.54, 1.807) is 44.9 Å². The van der Waals surface area contributed by atoms with Gasteiger partial charge in [0.1, 0.15) is 0 Å². The van der Waals surface area contributed by atoms with Crippen molar-refractivity contribution >= 4 is 0 Å². The molecule has 0 heterocycles. The van der Waals surface area contributed by atoms with Crippen molar-refractivity contribution < 1.29 is 0 Å². The molecule has 0 aliphatic heterocycles. The van der Waals surface area contributed by atoms with Crippen LogP contribution in [0.25, 0.3) is 0 Å². The molecule has 8 aliphatic carbocycles.